The number of ketones is 1. The molecule has 1 rings (SSSR count). The number of hydrogen-bond acceptors (Lipinski definition) is 4. The van der Waals surface area contributed by atoms with Crippen LogP contribution in [0, 0.1) is 5.92 Å². The summed E-state index contributed by atoms with van der Waals surface area (Å²) in [4.78, 5) is 15.6. The standard InChI is InChI=1S/C11H17N3O/c1-8(2-4-12)10(15)6-9-3-5-14-11(13)7-9/h3,5,7-8H,2,4,6,12H2,1H3,(H2,13,14). The second kappa shape index (κ2) is 5.46. The molecular formula is C11H17N3O. The molecular weight excluding hydrogens is 190 g/mol. The number of Topliss-reactive ketones (excluding diaryl/α,β-unsaturated/α-hetero) is 1. The lowest BCUT2D eigenvalue weighted by molar-refractivity contribution is -0.121. The van der Waals surface area contributed by atoms with E-state index in [0.717, 1.165) is 12.0 Å². The third kappa shape index (κ3) is 3.67. The zero-order valence-electron chi connectivity index (χ0n) is 8.94. The van der Waals surface area contributed by atoms with Crippen molar-refractivity contribution in [1.29, 1.82) is 0 Å². The average molecular weight is 207 g/mol. The van der Waals surface area contributed by atoms with E-state index >= 15 is 0 Å². The predicted octanol–water partition coefficient (Wildman–Crippen LogP) is 0.760. The number of carbonyl (C=O) groups excluding carboxylic acids is 1. The number of nitrogen functional groups attached to an aromatic ring is 1. The lowest BCUT2D eigenvalue weighted by atomic mass is 9.97. The molecule has 4 nitrogen and oxygen atoms in total. The van der Waals surface area contributed by atoms with Crippen molar-refractivity contribution in [2.45, 2.75) is 19.8 Å². The minimum Gasteiger partial charge on any atom is -0.384 e. The van der Waals surface area contributed by atoms with Gasteiger partial charge in [-0.25, -0.2) is 4.98 Å². The summed E-state index contributed by atoms with van der Waals surface area (Å²) in [5, 5.41) is 0. The van der Waals surface area contributed by atoms with Crippen molar-refractivity contribution in [3.8, 4) is 0 Å². The van der Waals surface area contributed by atoms with Crippen LogP contribution in [0.15, 0.2) is 18.3 Å². The second-order valence-electron chi connectivity index (χ2n) is 3.71. The van der Waals surface area contributed by atoms with E-state index in [1.165, 1.54) is 0 Å². The molecule has 0 aromatic carbocycles. The maximum absolute atomic E-state index is 11.7. The topological polar surface area (TPSA) is 82.0 Å². The molecule has 0 saturated carbocycles. The number of nitrogens with two attached hydrogens (primary N) is 2. The van der Waals surface area contributed by atoms with Gasteiger partial charge in [0.1, 0.15) is 11.6 Å². The minimum absolute atomic E-state index is 0.0180. The molecule has 1 atom stereocenters. The maximum atomic E-state index is 11.7. The van der Waals surface area contributed by atoms with Gasteiger partial charge in [0, 0.05) is 18.5 Å². The van der Waals surface area contributed by atoms with E-state index in [-0.39, 0.29) is 11.7 Å². The first-order valence-electron chi connectivity index (χ1n) is 5.06. The van der Waals surface area contributed by atoms with Crippen molar-refractivity contribution < 1.29 is 4.79 Å². The number of hydrogen-bond donors (Lipinski definition) is 2. The van der Waals surface area contributed by atoms with Crippen molar-refractivity contribution >= 4 is 11.6 Å². The highest BCUT2D eigenvalue weighted by Crippen LogP contribution is 2.09. The Bertz CT molecular complexity index is 338. The Morgan fingerprint density at radius 1 is 1.60 bits per heavy atom. The van der Waals surface area contributed by atoms with E-state index in [4.69, 9.17) is 11.5 Å². The van der Waals surface area contributed by atoms with Crippen molar-refractivity contribution in [1.82, 2.24) is 4.98 Å². The van der Waals surface area contributed by atoms with Gasteiger partial charge in [-0.15, -0.1) is 0 Å². The van der Waals surface area contributed by atoms with Crippen molar-refractivity contribution in [2.75, 3.05) is 12.3 Å². The van der Waals surface area contributed by atoms with Crippen LogP contribution in [0.1, 0.15) is 18.9 Å². The van der Waals surface area contributed by atoms with Gasteiger partial charge in [-0.3, -0.25) is 4.79 Å². The van der Waals surface area contributed by atoms with E-state index in [2.05, 4.69) is 4.98 Å². The minimum atomic E-state index is 0.0180. The fourth-order valence-corrected chi connectivity index (χ4v) is 1.39. The van der Waals surface area contributed by atoms with Crippen LogP contribution >= 0.6 is 0 Å². The van der Waals surface area contributed by atoms with Crippen LogP contribution in [-0.2, 0) is 11.2 Å². The Labute approximate surface area is 89.7 Å². The van der Waals surface area contributed by atoms with Gasteiger partial charge in [0.15, 0.2) is 0 Å². The first kappa shape index (κ1) is 11.7. The molecule has 0 aliphatic heterocycles. The number of anilines is 1. The predicted molar refractivity (Wildman–Crippen MR) is 60.2 cm³/mol. The van der Waals surface area contributed by atoms with Crippen LogP contribution in [0.2, 0.25) is 0 Å². The molecule has 4 heteroatoms. The second-order valence-corrected chi connectivity index (χ2v) is 3.71. The van der Waals surface area contributed by atoms with Crippen LogP contribution in [0.4, 0.5) is 5.82 Å². The van der Waals surface area contributed by atoms with Gasteiger partial charge in [-0.05, 0) is 30.7 Å². The molecule has 1 aromatic rings. The largest absolute Gasteiger partial charge is 0.384 e. The molecule has 0 aliphatic carbocycles. The van der Waals surface area contributed by atoms with Gasteiger partial charge in [-0.2, -0.15) is 0 Å². The normalized spacial score (nSPS) is 12.4. The summed E-state index contributed by atoms with van der Waals surface area (Å²) in [6.45, 7) is 2.45. The zero-order valence-corrected chi connectivity index (χ0v) is 8.94. The fourth-order valence-electron chi connectivity index (χ4n) is 1.39. The molecule has 1 heterocycles. The SMILES string of the molecule is CC(CCN)C(=O)Cc1ccnc(N)c1. The smallest absolute Gasteiger partial charge is 0.140 e. The Morgan fingerprint density at radius 3 is 2.93 bits per heavy atom. The molecule has 15 heavy (non-hydrogen) atoms. The number of rotatable bonds is 5. The van der Waals surface area contributed by atoms with Crippen molar-refractivity contribution in [3.05, 3.63) is 23.9 Å². The van der Waals surface area contributed by atoms with Crippen molar-refractivity contribution in [2.24, 2.45) is 11.7 Å². The van der Waals surface area contributed by atoms with E-state index in [1.54, 1.807) is 12.3 Å². The third-order valence-electron chi connectivity index (χ3n) is 2.37. The highest BCUT2D eigenvalue weighted by Gasteiger charge is 2.12. The lowest BCUT2D eigenvalue weighted by Gasteiger charge is -2.08. The zero-order chi connectivity index (χ0) is 11.3. The monoisotopic (exact) mass is 207 g/mol. The first-order chi connectivity index (χ1) is 7.13. The van der Waals surface area contributed by atoms with E-state index in [0.29, 0.717) is 18.8 Å². The van der Waals surface area contributed by atoms with Gasteiger partial charge >= 0.3 is 0 Å². The van der Waals surface area contributed by atoms with Crippen LogP contribution in [0.25, 0.3) is 0 Å². The Morgan fingerprint density at radius 2 is 2.33 bits per heavy atom. The maximum Gasteiger partial charge on any atom is 0.140 e. The molecule has 0 fully saturated rings. The van der Waals surface area contributed by atoms with Gasteiger partial charge in [0.25, 0.3) is 0 Å². The number of pyridine rings is 1. The summed E-state index contributed by atoms with van der Waals surface area (Å²) in [5.74, 6) is 0.669. The molecule has 0 bridgehead atoms. The van der Waals surface area contributed by atoms with Crippen LogP contribution in [0.3, 0.4) is 0 Å². The highest BCUT2D eigenvalue weighted by atomic mass is 16.1. The summed E-state index contributed by atoms with van der Waals surface area (Å²) in [6, 6.07) is 3.54. The lowest BCUT2D eigenvalue weighted by Crippen LogP contribution is -2.17. The molecule has 0 saturated heterocycles. The molecule has 4 N–H and O–H groups in total. The quantitative estimate of drug-likeness (QED) is 0.746. The van der Waals surface area contributed by atoms with E-state index < -0.39 is 0 Å². The van der Waals surface area contributed by atoms with Crippen molar-refractivity contribution in [3.63, 3.8) is 0 Å². The molecule has 0 amide bonds. The summed E-state index contributed by atoms with van der Waals surface area (Å²) >= 11 is 0. The summed E-state index contributed by atoms with van der Waals surface area (Å²) < 4.78 is 0. The van der Waals surface area contributed by atoms with Crippen LogP contribution in [-0.4, -0.2) is 17.3 Å². The van der Waals surface area contributed by atoms with Gasteiger partial charge in [0.2, 0.25) is 0 Å². The van der Waals surface area contributed by atoms with Gasteiger partial charge in [-0.1, -0.05) is 6.92 Å². The molecule has 1 aromatic heterocycles. The Balaban J connectivity index is 2.58. The molecule has 0 spiro atoms. The summed E-state index contributed by atoms with van der Waals surface area (Å²) in [6.07, 6.45) is 2.76. The Kier molecular flexibility index (Phi) is 4.24. The number of nitrogens with zero attached hydrogens (tertiary/aromatic N) is 1. The van der Waals surface area contributed by atoms with Gasteiger partial charge in [0.05, 0.1) is 0 Å². The number of carbonyl (C=O) groups is 1. The molecule has 0 radical (unpaired) electrons. The van der Waals surface area contributed by atoms with E-state index in [9.17, 15) is 4.79 Å². The molecule has 0 aliphatic rings. The first-order valence-corrected chi connectivity index (χ1v) is 5.06. The molecule has 82 valence electrons. The summed E-state index contributed by atoms with van der Waals surface area (Å²) in [5.41, 5.74) is 11.8. The number of aromatic nitrogens is 1. The van der Waals surface area contributed by atoms with Crippen LogP contribution in [0.5, 0.6) is 0 Å². The average Bonchev–Trinajstić information content (AvgIpc) is 2.18. The van der Waals surface area contributed by atoms with E-state index in [1.807, 2.05) is 13.0 Å². The van der Waals surface area contributed by atoms with Crippen LogP contribution < -0.4 is 11.5 Å². The Hall–Kier alpha value is -1.42. The fraction of sp³-hybridized carbons (Fsp3) is 0.455. The highest BCUT2D eigenvalue weighted by molar-refractivity contribution is 5.83. The summed E-state index contributed by atoms with van der Waals surface area (Å²) in [7, 11) is 0. The molecule has 1 unspecified atom stereocenters. The third-order valence-corrected chi connectivity index (χ3v) is 2.37. The van der Waals surface area contributed by atoms with Gasteiger partial charge < -0.3 is 11.5 Å².